The molecule has 0 saturated heterocycles. The first-order valence-corrected chi connectivity index (χ1v) is 7.59. The number of carbonyl (C=O) groups is 2. The van der Waals surface area contributed by atoms with Gasteiger partial charge in [0.2, 0.25) is 0 Å². The van der Waals surface area contributed by atoms with Gasteiger partial charge in [-0.15, -0.1) is 0 Å². The van der Waals surface area contributed by atoms with Gasteiger partial charge in [-0.25, -0.2) is 8.78 Å². The molecule has 2 aromatic carbocycles. The Morgan fingerprint density at radius 1 is 1.04 bits per heavy atom. The Balaban J connectivity index is 1.79. The van der Waals surface area contributed by atoms with Crippen molar-refractivity contribution in [1.29, 1.82) is 0 Å². The molecule has 5 nitrogen and oxygen atoms in total. The molecule has 0 aliphatic carbocycles. The van der Waals surface area contributed by atoms with Gasteiger partial charge in [0.15, 0.2) is 6.10 Å². The van der Waals surface area contributed by atoms with Crippen molar-refractivity contribution in [2.45, 2.75) is 19.4 Å². The lowest BCUT2D eigenvalue weighted by Gasteiger charge is -2.14. The Hall–Kier alpha value is -2.96. The second kappa shape index (κ2) is 8.77. The van der Waals surface area contributed by atoms with E-state index in [9.17, 15) is 18.4 Å². The van der Waals surface area contributed by atoms with E-state index in [0.29, 0.717) is 5.75 Å². The molecule has 7 heteroatoms. The lowest BCUT2D eigenvalue weighted by Crippen LogP contribution is -2.31. The van der Waals surface area contributed by atoms with Crippen LogP contribution in [0.3, 0.4) is 0 Å². The number of nitrogens with one attached hydrogen (secondary N) is 1. The van der Waals surface area contributed by atoms with Crippen molar-refractivity contribution in [3.05, 3.63) is 60.2 Å². The molecule has 1 atom stereocenters. The summed E-state index contributed by atoms with van der Waals surface area (Å²) < 4.78 is 37.2. The molecule has 2 aromatic rings. The van der Waals surface area contributed by atoms with Crippen LogP contribution < -0.4 is 10.1 Å². The van der Waals surface area contributed by atoms with Crippen molar-refractivity contribution in [2.24, 2.45) is 0 Å². The van der Waals surface area contributed by atoms with Crippen LogP contribution in [0, 0.1) is 11.6 Å². The fourth-order valence-electron chi connectivity index (χ4n) is 1.92. The summed E-state index contributed by atoms with van der Waals surface area (Å²) in [5.74, 6) is -2.71. The van der Waals surface area contributed by atoms with Gasteiger partial charge >= 0.3 is 5.97 Å². The van der Waals surface area contributed by atoms with Crippen LogP contribution in [0.2, 0.25) is 0 Å². The van der Waals surface area contributed by atoms with Gasteiger partial charge in [0, 0.05) is 0 Å². The van der Waals surface area contributed by atoms with Gasteiger partial charge < -0.3 is 14.8 Å². The van der Waals surface area contributed by atoms with Crippen molar-refractivity contribution >= 4 is 17.6 Å². The third-order valence-corrected chi connectivity index (χ3v) is 3.21. The number of benzene rings is 2. The zero-order chi connectivity index (χ0) is 18.2. The third-order valence-electron chi connectivity index (χ3n) is 3.21. The van der Waals surface area contributed by atoms with Crippen molar-refractivity contribution in [1.82, 2.24) is 0 Å². The zero-order valence-electron chi connectivity index (χ0n) is 13.5. The van der Waals surface area contributed by atoms with Gasteiger partial charge in [-0.2, -0.15) is 0 Å². The topological polar surface area (TPSA) is 64.6 Å². The lowest BCUT2D eigenvalue weighted by molar-refractivity contribution is -0.153. The number of hydrogen-bond donors (Lipinski definition) is 1. The fourth-order valence-corrected chi connectivity index (χ4v) is 1.92. The van der Waals surface area contributed by atoms with E-state index in [-0.39, 0.29) is 13.0 Å². The Morgan fingerprint density at radius 2 is 1.68 bits per heavy atom. The predicted octanol–water partition coefficient (Wildman–Crippen LogP) is 3.30. The molecule has 0 fully saturated rings. The minimum absolute atomic E-state index is 0.0689. The maximum atomic E-state index is 13.5. The van der Waals surface area contributed by atoms with Crippen molar-refractivity contribution in [2.75, 3.05) is 11.9 Å². The summed E-state index contributed by atoms with van der Waals surface area (Å²) in [4.78, 5) is 23.6. The molecule has 0 aliphatic heterocycles. The summed E-state index contributed by atoms with van der Waals surface area (Å²) in [7, 11) is 0. The SMILES string of the molecule is C[C@@H](OC(=O)CCOc1ccccc1)C(=O)Nc1c(F)cccc1F. The molecule has 0 aromatic heterocycles. The van der Waals surface area contributed by atoms with E-state index in [4.69, 9.17) is 9.47 Å². The fraction of sp³-hybridized carbons (Fsp3) is 0.222. The van der Waals surface area contributed by atoms with Crippen LogP contribution >= 0.6 is 0 Å². The quantitative estimate of drug-likeness (QED) is 0.779. The maximum absolute atomic E-state index is 13.5. The molecule has 0 radical (unpaired) electrons. The summed E-state index contributed by atoms with van der Waals surface area (Å²) in [5, 5.41) is 2.07. The van der Waals surface area contributed by atoms with Crippen LogP contribution in [-0.2, 0) is 14.3 Å². The van der Waals surface area contributed by atoms with Crippen LogP contribution in [0.15, 0.2) is 48.5 Å². The third kappa shape index (κ3) is 5.56. The van der Waals surface area contributed by atoms with E-state index in [1.54, 1.807) is 24.3 Å². The van der Waals surface area contributed by atoms with E-state index in [1.165, 1.54) is 13.0 Å². The van der Waals surface area contributed by atoms with Gasteiger partial charge in [0.1, 0.15) is 23.1 Å². The van der Waals surface area contributed by atoms with Gasteiger partial charge in [-0.3, -0.25) is 9.59 Å². The molecular formula is C18H17F2NO4. The van der Waals surface area contributed by atoms with Crippen LogP contribution in [0.4, 0.5) is 14.5 Å². The average molecular weight is 349 g/mol. The van der Waals surface area contributed by atoms with Crippen molar-refractivity contribution in [3.63, 3.8) is 0 Å². The summed E-state index contributed by atoms with van der Waals surface area (Å²) in [6.07, 6.45) is -1.27. The minimum atomic E-state index is -1.21. The van der Waals surface area contributed by atoms with Gasteiger partial charge in [0.05, 0.1) is 13.0 Å². The number of amides is 1. The lowest BCUT2D eigenvalue weighted by atomic mass is 10.2. The first kappa shape index (κ1) is 18.4. The van der Waals surface area contributed by atoms with Crippen molar-refractivity contribution < 1.29 is 27.8 Å². The molecule has 0 unspecified atom stereocenters. The molecule has 2 rings (SSSR count). The van der Waals surface area contributed by atoms with E-state index >= 15 is 0 Å². The number of esters is 1. The highest BCUT2D eigenvalue weighted by Gasteiger charge is 2.20. The zero-order valence-corrected chi connectivity index (χ0v) is 13.5. The number of halogens is 2. The molecule has 25 heavy (non-hydrogen) atoms. The molecule has 1 amide bonds. The number of rotatable bonds is 7. The molecule has 132 valence electrons. The molecule has 0 heterocycles. The van der Waals surface area contributed by atoms with Crippen LogP contribution in [-0.4, -0.2) is 24.6 Å². The van der Waals surface area contributed by atoms with Gasteiger partial charge in [-0.05, 0) is 31.2 Å². The summed E-state index contributed by atoms with van der Waals surface area (Å²) in [6, 6.07) is 12.1. The Kier molecular flexibility index (Phi) is 6.45. The number of para-hydroxylation sites is 2. The van der Waals surface area contributed by atoms with E-state index < -0.39 is 35.3 Å². The molecule has 0 aliphatic rings. The average Bonchev–Trinajstić information content (AvgIpc) is 2.59. The molecule has 0 spiro atoms. The largest absolute Gasteiger partial charge is 0.493 e. The van der Waals surface area contributed by atoms with Crippen LogP contribution in [0.5, 0.6) is 5.75 Å². The van der Waals surface area contributed by atoms with Crippen LogP contribution in [0.25, 0.3) is 0 Å². The Morgan fingerprint density at radius 3 is 2.32 bits per heavy atom. The number of carbonyl (C=O) groups excluding carboxylic acids is 2. The molecule has 0 saturated carbocycles. The first-order chi connectivity index (χ1) is 12.0. The molecule has 1 N–H and O–H groups in total. The highest BCUT2D eigenvalue weighted by Crippen LogP contribution is 2.18. The van der Waals surface area contributed by atoms with E-state index in [0.717, 1.165) is 12.1 Å². The summed E-state index contributed by atoms with van der Waals surface area (Å²) in [5.41, 5.74) is -0.581. The van der Waals surface area contributed by atoms with Gasteiger partial charge in [0.25, 0.3) is 5.91 Å². The maximum Gasteiger partial charge on any atom is 0.310 e. The smallest absolute Gasteiger partial charge is 0.310 e. The molecular weight excluding hydrogens is 332 g/mol. The van der Waals surface area contributed by atoms with Gasteiger partial charge in [-0.1, -0.05) is 24.3 Å². The second-order valence-corrected chi connectivity index (χ2v) is 5.13. The Labute approximate surface area is 143 Å². The van der Waals surface area contributed by atoms with E-state index in [2.05, 4.69) is 5.32 Å². The number of ether oxygens (including phenoxy) is 2. The highest BCUT2D eigenvalue weighted by atomic mass is 19.1. The number of hydrogen-bond acceptors (Lipinski definition) is 4. The normalized spacial score (nSPS) is 11.5. The van der Waals surface area contributed by atoms with Crippen molar-refractivity contribution in [3.8, 4) is 5.75 Å². The summed E-state index contributed by atoms with van der Waals surface area (Å²) >= 11 is 0. The Bertz CT molecular complexity index is 717. The standard InChI is InChI=1S/C18H17F2NO4/c1-12(18(23)21-17-14(19)8-5-9-15(17)20)25-16(22)10-11-24-13-6-3-2-4-7-13/h2-9,12H,10-11H2,1H3,(H,21,23)/t12-/m1/s1. The summed E-state index contributed by atoms with van der Waals surface area (Å²) in [6.45, 7) is 1.39. The first-order valence-electron chi connectivity index (χ1n) is 7.59. The molecule has 0 bridgehead atoms. The number of anilines is 1. The van der Waals surface area contributed by atoms with E-state index in [1.807, 2.05) is 6.07 Å². The minimum Gasteiger partial charge on any atom is -0.493 e. The van der Waals surface area contributed by atoms with Crippen LogP contribution in [0.1, 0.15) is 13.3 Å². The highest BCUT2D eigenvalue weighted by molar-refractivity contribution is 5.95. The second-order valence-electron chi connectivity index (χ2n) is 5.13. The predicted molar refractivity (Wildman–Crippen MR) is 87.1 cm³/mol. The monoisotopic (exact) mass is 349 g/mol.